The fourth-order valence-electron chi connectivity index (χ4n) is 1.69. The first-order valence-electron chi connectivity index (χ1n) is 4.79. The van der Waals surface area contributed by atoms with Gasteiger partial charge in [0.2, 0.25) is 5.91 Å². The van der Waals surface area contributed by atoms with Gasteiger partial charge in [0.25, 0.3) is 0 Å². The zero-order valence-corrected chi connectivity index (χ0v) is 8.72. The second-order valence-corrected chi connectivity index (χ2v) is 3.87. The van der Waals surface area contributed by atoms with Crippen LogP contribution in [0.1, 0.15) is 12.8 Å². The number of likely N-dealkylation sites (tertiary alicyclic amines) is 1. The van der Waals surface area contributed by atoms with Crippen LogP contribution < -0.4 is 0 Å². The number of aromatic nitrogens is 2. The van der Waals surface area contributed by atoms with E-state index >= 15 is 0 Å². The summed E-state index contributed by atoms with van der Waals surface area (Å²) in [7, 11) is 0. The van der Waals surface area contributed by atoms with Crippen LogP contribution in [0.5, 0.6) is 0 Å². The molecule has 5 heteroatoms. The van der Waals surface area contributed by atoms with Gasteiger partial charge in [-0.15, -0.1) is 0 Å². The van der Waals surface area contributed by atoms with Crippen LogP contribution in [0.25, 0.3) is 0 Å². The molecule has 0 bridgehead atoms. The molecule has 1 fully saturated rings. The van der Waals surface area contributed by atoms with E-state index in [0.717, 1.165) is 25.9 Å². The molecule has 2 heterocycles. The van der Waals surface area contributed by atoms with E-state index in [4.69, 9.17) is 12.2 Å². The van der Waals surface area contributed by atoms with Crippen LogP contribution in [-0.4, -0.2) is 33.4 Å². The van der Waals surface area contributed by atoms with Gasteiger partial charge in [-0.2, -0.15) is 0 Å². The van der Waals surface area contributed by atoms with Crippen molar-refractivity contribution >= 4 is 18.1 Å². The lowest BCUT2D eigenvalue weighted by Gasteiger charge is -2.15. The van der Waals surface area contributed by atoms with Crippen LogP contribution in [0.2, 0.25) is 0 Å². The fourth-order valence-corrected chi connectivity index (χ4v) is 1.88. The number of aromatic amines is 1. The molecule has 2 rings (SSSR count). The summed E-state index contributed by atoms with van der Waals surface area (Å²) in [6.45, 7) is 2.16. The Morgan fingerprint density at radius 3 is 2.79 bits per heavy atom. The number of hydrogen-bond acceptors (Lipinski definition) is 2. The highest BCUT2D eigenvalue weighted by molar-refractivity contribution is 7.71. The molecule has 1 aliphatic rings. The molecule has 0 saturated carbocycles. The molecule has 0 spiro atoms. The van der Waals surface area contributed by atoms with Gasteiger partial charge in [0.1, 0.15) is 6.54 Å². The summed E-state index contributed by atoms with van der Waals surface area (Å²) in [6.07, 6.45) is 5.81. The van der Waals surface area contributed by atoms with Gasteiger partial charge in [-0.1, -0.05) is 0 Å². The largest absolute Gasteiger partial charge is 0.341 e. The third-order valence-corrected chi connectivity index (χ3v) is 2.84. The quantitative estimate of drug-likeness (QED) is 0.746. The zero-order chi connectivity index (χ0) is 9.97. The Hall–Kier alpha value is -1.10. The molecule has 76 valence electrons. The third-order valence-electron chi connectivity index (χ3n) is 2.49. The Balaban J connectivity index is 2.01. The predicted molar refractivity (Wildman–Crippen MR) is 55.4 cm³/mol. The number of rotatable bonds is 2. The number of nitrogens with zero attached hydrogens (tertiary/aromatic N) is 2. The molecule has 0 aromatic carbocycles. The summed E-state index contributed by atoms with van der Waals surface area (Å²) in [5.74, 6) is 0.165. The van der Waals surface area contributed by atoms with E-state index in [9.17, 15) is 4.79 Å². The van der Waals surface area contributed by atoms with Crippen molar-refractivity contribution in [3.05, 3.63) is 17.2 Å². The first-order chi connectivity index (χ1) is 6.77. The van der Waals surface area contributed by atoms with Crippen LogP contribution in [0, 0.1) is 4.77 Å². The van der Waals surface area contributed by atoms with Crippen molar-refractivity contribution in [2.24, 2.45) is 0 Å². The average molecular weight is 211 g/mol. The van der Waals surface area contributed by atoms with Gasteiger partial charge < -0.3 is 14.5 Å². The number of hydrogen-bond donors (Lipinski definition) is 1. The standard InChI is InChI=1S/C9H13N3OS/c13-8(11-4-1-2-5-11)7-12-6-3-10-9(12)14/h3,6H,1-2,4-5,7H2,(H,10,14). The molecule has 1 saturated heterocycles. The number of amides is 1. The molecular formula is C9H13N3OS. The molecule has 0 aliphatic carbocycles. The highest BCUT2D eigenvalue weighted by atomic mass is 32.1. The van der Waals surface area contributed by atoms with Crippen LogP contribution in [0.15, 0.2) is 12.4 Å². The summed E-state index contributed by atoms with van der Waals surface area (Å²) in [6, 6.07) is 0. The first-order valence-corrected chi connectivity index (χ1v) is 5.20. The van der Waals surface area contributed by atoms with Crippen molar-refractivity contribution in [1.82, 2.24) is 14.5 Å². The number of carbonyl (C=O) groups excluding carboxylic acids is 1. The van der Waals surface area contributed by atoms with Crippen molar-refractivity contribution in [1.29, 1.82) is 0 Å². The van der Waals surface area contributed by atoms with Crippen LogP contribution in [0.4, 0.5) is 0 Å². The molecule has 1 aliphatic heterocycles. The van der Waals surface area contributed by atoms with Gasteiger partial charge in [-0.25, -0.2) is 0 Å². The fraction of sp³-hybridized carbons (Fsp3) is 0.556. The molecule has 1 N–H and O–H groups in total. The number of nitrogens with one attached hydrogen (secondary N) is 1. The summed E-state index contributed by atoms with van der Waals surface area (Å²) in [5.41, 5.74) is 0. The van der Waals surface area contributed by atoms with Gasteiger partial charge >= 0.3 is 0 Å². The highest BCUT2D eigenvalue weighted by Crippen LogP contribution is 2.08. The summed E-state index contributed by atoms with van der Waals surface area (Å²) in [4.78, 5) is 16.5. The van der Waals surface area contributed by atoms with E-state index in [2.05, 4.69) is 4.98 Å². The van der Waals surface area contributed by atoms with E-state index in [1.807, 2.05) is 4.90 Å². The summed E-state index contributed by atoms with van der Waals surface area (Å²) in [5, 5.41) is 0. The lowest BCUT2D eigenvalue weighted by Crippen LogP contribution is -2.30. The van der Waals surface area contributed by atoms with Crippen molar-refractivity contribution < 1.29 is 4.79 Å². The van der Waals surface area contributed by atoms with E-state index < -0.39 is 0 Å². The van der Waals surface area contributed by atoms with Crippen LogP contribution >= 0.6 is 12.2 Å². The molecular weight excluding hydrogens is 198 g/mol. The van der Waals surface area contributed by atoms with E-state index in [-0.39, 0.29) is 5.91 Å². The summed E-state index contributed by atoms with van der Waals surface area (Å²) >= 11 is 5.02. The van der Waals surface area contributed by atoms with Gasteiger partial charge in [-0.05, 0) is 25.1 Å². The van der Waals surface area contributed by atoms with Crippen LogP contribution in [0.3, 0.4) is 0 Å². The minimum absolute atomic E-state index is 0.165. The van der Waals surface area contributed by atoms with Gasteiger partial charge in [0.05, 0.1) is 0 Å². The number of H-pyrrole nitrogens is 1. The maximum absolute atomic E-state index is 11.7. The molecule has 1 amide bonds. The monoisotopic (exact) mass is 211 g/mol. The lowest BCUT2D eigenvalue weighted by molar-refractivity contribution is -0.130. The second kappa shape index (κ2) is 3.96. The molecule has 0 unspecified atom stereocenters. The second-order valence-electron chi connectivity index (χ2n) is 3.48. The molecule has 14 heavy (non-hydrogen) atoms. The normalized spacial score (nSPS) is 16.1. The molecule has 0 radical (unpaired) electrons. The van der Waals surface area contributed by atoms with Crippen molar-refractivity contribution in [2.45, 2.75) is 19.4 Å². The smallest absolute Gasteiger partial charge is 0.242 e. The van der Waals surface area contributed by atoms with E-state index in [0.29, 0.717) is 11.3 Å². The molecule has 0 atom stereocenters. The maximum Gasteiger partial charge on any atom is 0.242 e. The third kappa shape index (κ3) is 1.87. The Kier molecular flexibility index (Phi) is 2.67. The Labute approximate surface area is 87.5 Å². The van der Waals surface area contributed by atoms with Crippen molar-refractivity contribution in [2.75, 3.05) is 13.1 Å². The number of carbonyl (C=O) groups is 1. The van der Waals surface area contributed by atoms with Crippen LogP contribution in [-0.2, 0) is 11.3 Å². The molecule has 1 aromatic rings. The molecule has 4 nitrogen and oxygen atoms in total. The van der Waals surface area contributed by atoms with E-state index in [1.54, 1.807) is 17.0 Å². The van der Waals surface area contributed by atoms with Crippen molar-refractivity contribution in [3.63, 3.8) is 0 Å². The minimum atomic E-state index is 0.165. The SMILES string of the molecule is O=C(Cn1cc[nH]c1=S)N1CCCC1. The van der Waals surface area contributed by atoms with Gasteiger partial charge in [0, 0.05) is 25.5 Å². The topological polar surface area (TPSA) is 41.0 Å². The number of imidazole rings is 1. The summed E-state index contributed by atoms with van der Waals surface area (Å²) < 4.78 is 2.37. The van der Waals surface area contributed by atoms with Gasteiger partial charge in [0.15, 0.2) is 4.77 Å². The molecule has 1 aromatic heterocycles. The van der Waals surface area contributed by atoms with Gasteiger partial charge in [-0.3, -0.25) is 4.79 Å². The predicted octanol–water partition coefficient (Wildman–Crippen LogP) is 1.17. The van der Waals surface area contributed by atoms with E-state index in [1.165, 1.54) is 0 Å². The lowest BCUT2D eigenvalue weighted by atomic mass is 10.4. The zero-order valence-electron chi connectivity index (χ0n) is 7.90. The van der Waals surface area contributed by atoms with Crippen molar-refractivity contribution in [3.8, 4) is 0 Å². The minimum Gasteiger partial charge on any atom is -0.341 e. The highest BCUT2D eigenvalue weighted by Gasteiger charge is 2.17. The Morgan fingerprint density at radius 2 is 2.21 bits per heavy atom. The maximum atomic E-state index is 11.7. The average Bonchev–Trinajstić information content (AvgIpc) is 2.77. The Bertz CT molecular complexity index is 375. The first kappa shape index (κ1) is 9.45. The Morgan fingerprint density at radius 1 is 1.50 bits per heavy atom.